The number of rotatable bonds is 6. The summed E-state index contributed by atoms with van der Waals surface area (Å²) in [7, 11) is 1.76. The number of amides is 1. The Kier molecular flexibility index (Phi) is 7.10. The maximum atomic E-state index is 14.0. The van der Waals surface area contributed by atoms with Gasteiger partial charge in [-0.2, -0.15) is 0 Å². The number of benzene rings is 1. The van der Waals surface area contributed by atoms with E-state index in [-0.39, 0.29) is 11.7 Å². The van der Waals surface area contributed by atoms with E-state index in [1.54, 1.807) is 19.2 Å². The van der Waals surface area contributed by atoms with Crippen LogP contribution in [0.2, 0.25) is 0 Å². The molecule has 0 radical (unpaired) electrons. The SMILES string of the molecule is CN=C(NCCCNC(=O)c1occc1C)N1CCN(c2ccccc2F)CC1. The Morgan fingerprint density at radius 1 is 1.14 bits per heavy atom. The molecule has 29 heavy (non-hydrogen) atoms. The number of aryl methyl sites for hydroxylation is 1. The van der Waals surface area contributed by atoms with Crippen LogP contribution >= 0.6 is 0 Å². The van der Waals surface area contributed by atoms with Gasteiger partial charge in [-0.3, -0.25) is 9.79 Å². The highest BCUT2D eigenvalue weighted by molar-refractivity contribution is 5.92. The summed E-state index contributed by atoms with van der Waals surface area (Å²) in [6.07, 6.45) is 2.28. The lowest BCUT2D eigenvalue weighted by Crippen LogP contribution is -2.53. The van der Waals surface area contributed by atoms with E-state index < -0.39 is 0 Å². The van der Waals surface area contributed by atoms with Crippen LogP contribution in [0.4, 0.5) is 10.1 Å². The first-order valence-corrected chi connectivity index (χ1v) is 9.87. The molecular weight excluding hydrogens is 373 g/mol. The van der Waals surface area contributed by atoms with Crippen molar-refractivity contribution in [3.8, 4) is 0 Å². The smallest absolute Gasteiger partial charge is 0.287 e. The second kappa shape index (κ2) is 9.95. The van der Waals surface area contributed by atoms with Gasteiger partial charge in [0.25, 0.3) is 5.91 Å². The van der Waals surface area contributed by atoms with Gasteiger partial charge < -0.3 is 24.9 Å². The number of halogens is 1. The zero-order valence-electron chi connectivity index (χ0n) is 16.9. The number of nitrogens with zero attached hydrogens (tertiary/aromatic N) is 3. The fraction of sp³-hybridized carbons (Fsp3) is 0.429. The number of carbonyl (C=O) groups is 1. The average molecular weight is 401 g/mol. The van der Waals surface area contributed by atoms with Gasteiger partial charge in [-0.1, -0.05) is 12.1 Å². The molecule has 156 valence electrons. The van der Waals surface area contributed by atoms with Crippen LogP contribution in [0.3, 0.4) is 0 Å². The van der Waals surface area contributed by atoms with Gasteiger partial charge in [0, 0.05) is 51.9 Å². The van der Waals surface area contributed by atoms with Crippen molar-refractivity contribution in [2.45, 2.75) is 13.3 Å². The summed E-state index contributed by atoms with van der Waals surface area (Å²) >= 11 is 0. The van der Waals surface area contributed by atoms with Crippen LogP contribution < -0.4 is 15.5 Å². The minimum absolute atomic E-state index is 0.185. The quantitative estimate of drug-likeness (QED) is 0.441. The van der Waals surface area contributed by atoms with Gasteiger partial charge in [0.2, 0.25) is 0 Å². The van der Waals surface area contributed by atoms with E-state index >= 15 is 0 Å². The molecule has 1 aromatic heterocycles. The van der Waals surface area contributed by atoms with Crippen molar-refractivity contribution in [1.29, 1.82) is 0 Å². The Balaban J connectivity index is 1.38. The van der Waals surface area contributed by atoms with Gasteiger partial charge in [-0.05, 0) is 31.5 Å². The Morgan fingerprint density at radius 3 is 2.52 bits per heavy atom. The predicted molar refractivity (Wildman–Crippen MR) is 112 cm³/mol. The van der Waals surface area contributed by atoms with Crippen molar-refractivity contribution in [3.05, 3.63) is 53.7 Å². The van der Waals surface area contributed by atoms with Crippen molar-refractivity contribution in [3.63, 3.8) is 0 Å². The van der Waals surface area contributed by atoms with Crippen molar-refractivity contribution < 1.29 is 13.6 Å². The van der Waals surface area contributed by atoms with Crippen LogP contribution in [0, 0.1) is 12.7 Å². The molecule has 3 rings (SSSR count). The Morgan fingerprint density at radius 2 is 1.86 bits per heavy atom. The molecular formula is C21H28FN5O2. The molecule has 0 atom stereocenters. The number of piperazine rings is 1. The van der Waals surface area contributed by atoms with Crippen LogP contribution in [0.25, 0.3) is 0 Å². The highest BCUT2D eigenvalue weighted by Gasteiger charge is 2.21. The lowest BCUT2D eigenvalue weighted by Gasteiger charge is -2.37. The number of hydrogen-bond donors (Lipinski definition) is 2. The summed E-state index contributed by atoms with van der Waals surface area (Å²) in [6.45, 7) is 6.09. The van der Waals surface area contributed by atoms with Crippen molar-refractivity contribution in [1.82, 2.24) is 15.5 Å². The average Bonchev–Trinajstić information content (AvgIpc) is 3.17. The maximum absolute atomic E-state index is 14.0. The summed E-state index contributed by atoms with van der Waals surface area (Å²) < 4.78 is 19.2. The second-order valence-corrected chi connectivity index (χ2v) is 6.94. The first-order valence-electron chi connectivity index (χ1n) is 9.87. The molecule has 1 saturated heterocycles. The van der Waals surface area contributed by atoms with Gasteiger partial charge in [-0.15, -0.1) is 0 Å². The highest BCUT2D eigenvalue weighted by Crippen LogP contribution is 2.20. The monoisotopic (exact) mass is 401 g/mol. The van der Waals surface area contributed by atoms with Gasteiger partial charge in [0.15, 0.2) is 11.7 Å². The predicted octanol–water partition coefficient (Wildman–Crippen LogP) is 2.24. The number of hydrogen-bond acceptors (Lipinski definition) is 4. The molecule has 1 aliphatic rings. The Labute approximate surface area is 170 Å². The largest absolute Gasteiger partial charge is 0.459 e. The summed E-state index contributed by atoms with van der Waals surface area (Å²) in [6, 6.07) is 8.65. The van der Waals surface area contributed by atoms with E-state index in [1.807, 2.05) is 19.1 Å². The summed E-state index contributed by atoms with van der Waals surface area (Å²) in [4.78, 5) is 20.6. The molecule has 1 aliphatic heterocycles. The normalized spacial score (nSPS) is 14.8. The molecule has 1 amide bonds. The molecule has 0 unspecified atom stereocenters. The van der Waals surface area contributed by atoms with Crippen LogP contribution in [-0.4, -0.2) is 63.1 Å². The summed E-state index contributed by atoms with van der Waals surface area (Å²) in [5, 5.41) is 6.19. The number of anilines is 1. The fourth-order valence-corrected chi connectivity index (χ4v) is 3.38. The van der Waals surface area contributed by atoms with Crippen LogP contribution in [0.1, 0.15) is 22.5 Å². The number of carbonyl (C=O) groups excluding carboxylic acids is 1. The number of para-hydroxylation sites is 1. The van der Waals surface area contributed by atoms with Crippen molar-refractivity contribution in [2.24, 2.45) is 4.99 Å². The van der Waals surface area contributed by atoms with E-state index in [0.29, 0.717) is 24.5 Å². The molecule has 7 nitrogen and oxygen atoms in total. The molecule has 8 heteroatoms. The van der Waals surface area contributed by atoms with Gasteiger partial charge in [0.1, 0.15) is 5.82 Å². The Bertz CT molecular complexity index is 843. The minimum Gasteiger partial charge on any atom is -0.459 e. The molecule has 2 aromatic rings. The van der Waals surface area contributed by atoms with Crippen molar-refractivity contribution in [2.75, 3.05) is 51.2 Å². The maximum Gasteiger partial charge on any atom is 0.287 e. The summed E-state index contributed by atoms with van der Waals surface area (Å²) in [5.41, 5.74) is 1.48. The minimum atomic E-state index is -0.193. The lowest BCUT2D eigenvalue weighted by molar-refractivity contribution is 0.0925. The molecule has 1 fully saturated rings. The number of aliphatic imine (C=N–C) groups is 1. The summed E-state index contributed by atoms with van der Waals surface area (Å²) in [5.74, 6) is 0.810. The third kappa shape index (κ3) is 5.28. The van der Waals surface area contributed by atoms with E-state index in [2.05, 4.69) is 25.4 Å². The molecule has 0 bridgehead atoms. The van der Waals surface area contributed by atoms with E-state index in [0.717, 1.165) is 44.1 Å². The topological polar surface area (TPSA) is 73.1 Å². The number of guanidine groups is 1. The first-order chi connectivity index (χ1) is 14.1. The van der Waals surface area contributed by atoms with Gasteiger partial charge in [-0.25, -0.2) is 4.39 Å². The fourth-order valence-electron chi connectivity index (χ4n) is 3.38. The van der Waals surface area contributed by atoms with E-state index in [1.165, 1.54) is 12.3 Å². The molecule has 2 N–H and O–H groups in total. The van der Waals surface area contributed by atoms with Crippen LogP contribution in [0.5, 0.6) is 0 Å². The molecule has 0 saturated carbocycles. The Hall–Kier alpha value is -3.03. The van der Waals surface area contributed by atoms with Crippen LogP contribution in [0.15, 0.2) is 46.0 Å². The van der Waals surface area contributed by atoms with E-state index in [4.69, 9.17) is 4.42 Å². The highest BCUT2D eigenvalue weighted by atomic mass is 19.1. The van der Waals surface area contributed by atoms with Gasteiger partial charge >= 0.3 is 0 Å². The van der Waals surface area contributed by atoms with Gasteiger partial charge in [0.05, 0.1) is 12.0 Å². The third-order valence-corrected chi connectivity index (χ3v) is 4.97. The zero-order chi connectivity index (χ0) is 20.6. The molecule has 0 spiro atoms. The van der Waals surface area contributed by atoms with Crippen molar-refractivity contribution >= 4 is 17.6 Å². The van der Waals surface area contributed by atoms with Crippen LogP contribution in [-0.2, 0) is 0 Å². The molecule has 2 heterocycles. The molecule has 1 aromatic carbocycles. The number of nitrogens with one attached hydrogen (secondary N) is 2. The third-order valence-electron chi connectivity index (χ3n) is 4.97. The second-order valence-electron chi connectivity index (χ2n) is 6.94. The zero-order valence-corrected chi connectivity index (χ0v) is 16.9. The van der Waals surface area contributed by atoms with E-state index in [9.17, 15) is 9.18 Å². The lowest BCUT2D eigenvalue weighted by atomic mass is 10.2. The molecule has 0 aliphatic carbocycles. The first kappa shape index (κ1) is 20.7. The standard InChI is InChI=1S/C21H28FN5O2/c1-16-8-15-29-19(16)20(28)24-9-5-10-25-21(23-2)27-13-11-26(12-14-27)18-7-4-3-6-17(18)22/h3-4,6-8,15H,5,9-14H2,1-2H3,(H,23,25)(H,24,28). The number of furan rings is 1.